The first kappa shape index (κ1) is 24.3. The fourth-order valence-electron chi connectivity index (χ4n) is 3.00. The largest absolute Gasteiger partial charge is 0.445 e. The van der Waals surface area contributed by atoms with Crippen LogP contribution in [0.25, 0.3) is 0 Å². The van der Waals surface area contributed by atoms with Gasteiger partial charge in [0.25, 0.3) is 0 Å². The second kappa shape index (κ2) is 11.4. The minimum absolute atomic E-state index is 0.0744. The number of hydrogen-bond acceptors (Lipinski definition) is 7. The monoisotopic (exact) mass is 454 g/mol. The molecule has 0 aromatic heterocycles. The number of benzene rings is 1. The fraction of sp³-hybridized carbons (Fsp3) is 0.474. The molecular weight excluding hydrogens is 428 g/mol. The second-order valence-electron chi connectivity index (χ2n) is 7.01. The normalized spacial score (nSPS) is 17.8. The predicted molar refractivity (Wildman–Crippen MR) is 110 cm³/mol. The summed E-state index contributed by atoms with van der Waals surface area (Å²) in [4.78, 5) is 47.9. The van der Waals surface area contributed by atoms with Gasteiger partial charge in [0, 0.05) is 12.5 Å². The molecule has 0 aliphatic carbocycles. The lowest BCUT2D eigenvalue weighted by molar-refractivity contribution is -0.127. The number of nitrogens with one attached hydrogen (secondary N) is 4. The molecule has 0 spiro atoms. The van der Waals surface area contributed by atoms with Crippen LogP contribution in [0.5, 0.6) is 0 Å². The lowest BCUT2D eigenvalue weighted by Crippen LogP contribution is -2.54. The number of alkyl carbamates (subject to hydrolysis) is 1. The van der Waals surface area contributed by atoms with Crippen LogP contribution >= 0.6 is 0 Å². The minimum atomic E-state index is -3.88. The van der Waals surface area contributed by atoms with E-state index in [1.54, 1.807) is 30.3 Å². The van der Waals surface area contributed by atoms with Crippen molar-refractivity contribution in [2.75, 3.05) is 19.3 Å². The van der Waals surface area contributed by atoms with Gasteiger partial charge in [-0.1, -0.05) is 30.3 Å². The molecule has 1 saturated heterocycles. The molecule has 1 aliphatic heterocycles. The third kappa shape index (κ3) is 7.98. The van der Waals surface area contributed by atoms with E-state index in [0.29, 0.717) is 24.8 Å². The van der Waals surface area contributed by atoms with Crippen molar-refractivity contribution in [3.05, 3.63) is 35.9 Å². The summed E-state index contributed by atoms with van der Waals surface area (Å²) < 4.78 is 31.0. The highest BCUT2D eigenvalue weighted by atomic mass is 32.2. The molecule has 0 unspecified atom stereocenters. The topological polar surface area (TPSA) is 160 Å². The van der Waals surface area contributed by atoms with Gasteiger partial charge in [0.2, 0.25) is 21.8 Å². The summed E-state index contributed by atoms with van der Waals surface area (Å²) in [7, 11) is -2.71. The number of hydrogen-bond donors (Lipinski definition) is 4. The molecule has 1 aromatic carbocycles. The Bertz CT molecular complexity index is 892. The number of aldehydes is 1. The van der Waals surface area contributed by atoms with E-state index in [4.69, 9.17) is 4.74 Å². The summed E-state index contributed by atoms with van der Waals surface area (Å²) in [6, 6.07) is 6.26. The maximum atomic E-state index is 12.6. The molecule has 12 heteroatoms. The Morgan fingerprint density at radius 2 is 1.97 bits per heavy atom. The first-order chi connectivity index (χ1) is 14.7. The van der Waals surface area contributed by atoms with Crippen LogP contribution in [0.1, 0.15) is 18.4 Å². The average molecular weight is 455 g/mol. The van der Waals surface area contributed by atoms with Crippen molar-refractivity contribution in [3.8, 4) is 0 Å². The number of carbonyl (C=O) groups excluding carboxylic acids is 4. The number of carbonyl (C=O) groups is 4. The smallest absolute Gasteiger partial charge is 0.408 e. The molecule has 0 bridgehead atoms. The molecule has 11 nitrogen and oxygen atoms in total. The summed E-state index contributed by atoms with van der Waals surface area (Å²) in [6.07, 6.45) is 0.0835. The van der Waals surface area contributed by atoms with E-state index < -0.39 is 45.8 Å². The zero-order valence-corrected chi connectivity index (χ0v) is 17.8. The van der Waals surface area contributed by atoms with Gasteiger partial charge < -0.3 is 25.5 Å². The van der Waals surface area contributed by atoms with Gasteiger partial charge in [0.05, 0.1) is 11.8 Å². The standard InChI is InChI=1S/C19H26N4O7S/c1-20-31(28,29)12-16(23-19(27)30-11-13-5-3-2-4-6-13)18(26)22-15(10-24)9-14-7-8-21-17(14)25/h2-6,10,14-16,20H,7-9,11-12H2,1H3,(H,21,25)(H,22,26)(H,23,27)/t14-,15-,16-/m0/s1. The van der Waals surface area contributed by atoms with Gasteiger partial charge in [-0.25, -0.2) is 17.9 Å². The molecule has 0 radical (unpaired) electrons. The Morgan fingerprint density at radius 3 is 2.55 bits per heavy atom. The van der Waals surface area contributed by atoms with Crippen molar-refractivity contribution in [1.82, 2.24) is 20.7 Å². The van der Waals surface area contributed by atoms with Gasteiger partial charge in [0.15, 0.2) is 0 Å². The van der Waals surface area contributed by atoms with Crippen LogP contribution in [0.15, 0.2) is 30.3 Å². The number of ether oxygens (including phenoxy) is 1. The first-order valence-electron chi connectivity index (χ1n) is 9.66. The van der Waals surface area contributed by atoms with E-state index in [1.807, 2.05) is 0 Å². The molecule has 3 amide bonds. The Hall–Kier alpha value is -2.99. The van der Waals surface area contributed by atoms with Crippen LogP contribution in [-0.2, 0) is 35.8 Å². The molecule has 1 aliphatic rings. The SMILES string of the molecule is CNS(=O)(=O)C[C@H](NC(=O)OCc1ccccc1)C(=O)N[C@H](C=O)C[C@@H]1CCNC1=O. The van der Waals surface area contributed by atoms with Gasteiger partial charge in [0.1, 0.15) is 18.9 Å². The van der Waals surface area contributed by atoms with Gasteiger partial charge in [-0.2, -0.15) is 0 Å². The Kier molecular flexibility index (Phi) is 8.94. The van der Waals surface area contributed by atoms with Gasteiger partial charge in [-0.15, -0.1) is 0 Å². The molecule has 0 saturated carbocycles. The highest BCUT2D eigenvalue weighted by molar-refractivity contribution is 7.89. The second-order valence-corrected chi connectivity index (χ2v) is 8.98. The summed E-state index contributed by atoms with van der Waals surface area (Å²) in [5.74, 6) is -2.28. The van der Waals surface area contributed by atoms with Crippen LogP contribution in [0.3, 0.4) is 0 Å². The number of sulfonamides is 1. The molecule has 2 rings (SSSR count). The van der Waals surface area contributed by atoms with Crippen LogP contribution in [0.2, 0.25) is 0 Å². The predicted octanol–water partition coefficient (Wildman–Crippen LogP) is -0.959. The third-order valence-corrected chi connectivity index (χ3v) is 6.11. The number of amides is 3. The van der Waals surface area contributed by atoms with Gasteiger partial charge >= 0.3 is 6.09 Å². The summed E-state index contributed by atoms with van der Waals surface area (Å²) in [6.45, 7) is 0.411. The van der Waals surface area contributed by atoms with Crippen molar-refractivity contribution >= 4 is 34.2 Å². The molecule has 1 fully saturated rings. The molecule has 170 valence electrons. The quantitative estimate of drug-likeness (QED) is 0.313. The maximum absolute atomic E-state index is 12.6. The van der Waals surface area contributed by atoms with E-state index in [2.05, 4.69) is 20.7 Å². The van der Waals surface area contributed by atoms with Crippen molar-refractivity contribution in [1.29, 1.82) is 0 Å². The summed E-state index contributed by atoms with van der Waals surface area (Å²) in [5.41, 5.74) is 0.706. The molecule has 1 heterocycles. The fourth-order valence-corrected chi connectivity index (χ4v) is 3.84. The molecule has 4 N–H and O–H groups in total. The van der Waals surface area contributed by atoms with E-state index >= 15 is 0 Å². The van der Waals surface area contributed by atoms with Gasteiger partial charge in [-0.05, 0) is 25.5 Å². The molecule has 3 atom stereocenters. The van der Waals surface area contributed by atoms with E-state index in [-0.39, 0.29) is 18.9 Å². The van der Waals surface area contributed by atoms with E-state index in [9.17, 15) is 27.6 Å². The highest BCUT2D eigenvalue weighted by Gasteiger charge is 2.31. The Labute approximate surface area is 180 Å². The van der Waals surface area contributed by atoms with Crippen LogP contribution < -0.4 is 20.7 Å². The van der Waals surface area contributed by atoms with Crippen molar-refractivity contribution < 1.29 is 32.3 Å². The lowest BCUT2D eigenvalue weighted by atomic mass is 9.99. The van der Waals surface area contributed by atoms with E-state index in [1.165, 1.54) is 7.05 Å². The Balaban J connectivity index is 2.01. The van der Waals surface area contributed by atoms with Gasteiger partial charge in [-0.3, -0.25) is 9.59 Å². The highest BCUT2D eigenvalue weighted by Crippen LogP contribution is 2.15. The average Bonchev–Trinajstić information content (AvgIpc) is 3.16. The molecule has 31 heavy (non-hydrogen) atoms. The van der Waals surface area contributed by atoms with Crippen molar-refractivity contribution in [3.63, 3.8) is 0 Å². The maximum Gasteiger partial charge on any atom is 0.408 e. The summed E-state index contributed by atoms with van der Waals surface area (Å²) in [5, 5.41) is 7.25. The zero-order valence-electron chi connectivity index (χ0n) is 17.0. The first-order valence-corrected chi connectivity index (χ1v) is 11.3. The molecular formula is C19H26N4O7S. The van der Waals surface area contributed by atoms with Crippen molar-refractivity contribution in [2.45, 2.75) is 31.5 Å². The molecule has 1 aromatic rings. The lowest BCUT2D eigenvalue weighted by Gasteiger charge is -2.21. The zero-order chi connectivity index (χ0) is 22.9. The Morgan fingerprint density at radius 1 is 1.26 bits per heavy atom. The minimum Gasteiger partial charge on any atom is -0.445 e. The van der Waals surface area contributed by atoms with Crippen LogP contribution in [-0.4, -0.2) is 64.0 Å². The summed E-state index contributed by atoms with van der Waals surface area (Å²) >= 11 is 0. The van der Waals surface area contributed by atoms with E-state index in [0.717, 1.165) is 0 Å². The third-order valence-electron chi connectivity index (χ3n) is 4.71. The van der Waals surface area contributed by atoms with Crippen molar-refractivity contribution in [2.24, 2.45) is 5.92 Å². The van der Waals surface area contributed by atoms with Crippen LogP contribution in [0, 0.1) is 5.92 Å². The number of rotatable bonds is 11. The van der Waals surface area contributed by atoms with Crippen LogP contribution in [0.4, 0.5) is 4.79 Å².